The van der Waals surface area contributed by atoms with Gasteiger partial charge in [0.15, 0.2) is 0 Å². The van der Waals surface area contributed by atoms with Crippen LogP contribution in [0.5, 0.6) is 0 Å². The first-order valence-corrected chi connectivity index (χ1v) is 5.09. The number of carbonyl (C=O) groups excluding carboxylic acids is 1. The molecule has 16 heavy (non-hydrogen) atoms. The first-order valence-electron chi connectivity index (χ1n) is 4.71. The molecule has 1 atom stereocenters. The predicted octanol–water partition coefficient (Wildman–Crippen LogP) is 0.815. The van der Waals surface area contributed by atoms with Crippen molar-refractivity contribution in [1.82, 2.24) is 5.32 Å². The number of nitrogens with one attached hydrogen (secondary N) is 2. The number of anilines is 1. The zero-order valence-electron chi connectivity index (χ0n) is 8.48. The second-order valence-electron chi connectivity index (χ2n) is 3.18. The summed E-state index contributed by atoms with van der Waals surface area (Å²) in [5, 5.41) is 23.0. The maximum absolute atomic E-state index is 11.3. The van der Waals surface area contributed by atoms with Crippen LogP contribution >= 0.6 is 11.6 Å². The lowest BCUT2D eigenvalue weighted by Gasteiger charge is -2.10. The Labute approximate surface area is 98.0 Å². The van der Waals surface area contributed by atoms with Crippen LogP contribution in [0.2, 0.25) is 5.02 Å². The molecule has 6 heteroatoms. The summed E-state index contributed by atoms with van der Waals surface area (Å²) in [6.07, 6.45) is -0.954. The Morgan fingerprint density at radius 2 is 2.25 bits per heavy atom. The Morgan fingerprint density at radius 3 is 2.88 bits per heavy atom. The van der Waals surface area contributed by atoms with E-state index in [4.69, 9.17) is 21.8 Å². The number of hydrogen-bond acceptors (Lipinski definition) is 3. The Morgan fingerprint density at radius 1 is 1.50 bits per heavy atom. The first-order chi connectivity index (χ1) is 7.61. The molecule has 0 unspecified atom stereocenters. The second kappa shape index (κ2) is 6.32. The number of urea groups is 1. The lowest BCUT2D eigenvalue weighted by atomic mass is 10.3. The van der Waals surface area contributed by atoms with E-state index in [-0.39, 0.29) is 6.54 Å². The van der Waals surface area contributed by atoms with Gasteiger partial charge in [0.2, 0.25) is 0 Å². The SMILES string of the molecule is O=C(NC[C@H](O)CO)Nc1cccc(Cl)c1. The van der Waals surface area contributed by atoms with Gasteiger partial charge in [0.1, 0.15) is 0 Å². The number of amides is 2. The summed E-state index contributed by atoms with van der Waals surface area (Å²) in [6.45, 7) is -0.402. The summed E-state index contributed by atoms with van der Waals surface area (Å²) in [5.74, 6) is 0. The number of rotatable bonds is 4. The molecule has 0 bridgehead atoms. The molecule has 1 rings (SSSR count). The van der Waals surface area contributed by atoms with Crippen molar-refractivity contribution in [3.63, 3.8) is 0 Å². The average molecular weight is 245 g/mol. The van der Waals surface area contributed by atoms with Gasteiger partial charge in [-0.3, -0.25) is 0 Å². The van der Waals surface area contributed by atoms with Gasteiger partial charge in [-0.25, -0.2) is 4.79 Å². The van der Waals surface area contributed by atoms with Crippen LogP contribution in [0.1, 0.15) is 0 Å². The molecule has 0 aromatic heterocycles. The van der Waals surface area contributed by atoms with Gasteiger partial charge in [-0.05, 0) is 18.2 Å². The van der Waals surface area contributed by atoms with Gasteiger partial charge in [-0.1, -0.05) is 17.7 Å². The summed E-state index contributed by atoms with van der Waals surface area (Å²) in [7, 11) is 0. The van der Waals surface area contributed by atoms with E-state index in [1.807, 2.05) is 0 Å². The summed E-state index contributed by atoms with van der Waals surface area (Å²) < 4.78 is 0. The molecule has 0 saturated heterocycles. The molecule has 0 saturated carbocycles. The quantitative estimate of drug-likeness (QED) is 0.633. The molecule has 0 fully saturated rings. The monoisotopic (exact) mass is 244 g/mol. The highest BCUT2D eigenvalue weighted by atomic mass is 35.5. The molecule has 1 aromatic carbocycles. The highest BCUT2D eigenvalue weighted by Crippen LogP contribution is 2.14. The molecule has 0 radical (unpaired) electrons. The minimum atomic E-state index is -0.954. The first kappa shape index (κ1) is 12.8. The molecule has 0 aliphatic rings. The van der Waals surface area contributed by atoms with Crippen molar-refractivity contribution in [3.05, 3.63) is 29.3 Å². The van der Waals surface area contributed by atoms with Crippen molar-refractivity contribution in [2.24, 2.45) is 0 Å². The van der Waals surface area contributed by atoms with Gasteiger partial charge < -0.3 is 20.8 Å². The van der Waals surface area contributed by atoms with Crippen molar-refractivity contribution in [1.29, 1.82) is 0 Å². The zero-order chi connectivity index (χ0) is 12.0. The lowest BCUT2D eigenvalue weighted by molar-refractivity contribution is 0.0965. The van der Waals surface area contributed by atoms with Crippen LogP contribution in [0.25, 0.3) is 0 Å². The van der Waals surface area contributed by atoms with Crippen LogP contribution in [0, 0.1) is 0 Å². The fourth-order valence-electron chi connectivity index (χ4n) is 1.02. The normalized spacial score (nSPS) is 11.9. The van der Waals surface area contributed by atoms with E-state index in [2.05, 4.69) is 10.6 Å². The van der Waals surface area contributed by atoms with Gasteiger partial charge in [0.25, 0.3) is 0 Å². The van der Waals surface area contributed by atoms with Crippen LogP contribution in [-0.2, 0) is 0 Å². The van der Waals surface area contributed by atoms with E-state index in [0.717, 1.165) is 0 Å². The van der Waals surface area contributed by atoms with Crippen molar-refractivity contribution in [2.45, 2.75) is 6.10 Å². The van der Waals surface area contributed by atoms with E-state index in [1.54, 1.807) is 24.3 Å². The molecule has 0 spiro atoms. The largest absolute Gasteiger partial charge is 0.394 e. The van der Waals surface area contributed by atoms with Gasteiger partial charge in [0.05, 0.1) is 12.7 Å². The molecule has 4 N–H and O–H groups in total. The number of carbonyl (C=O) groups is 1. The summed E-state index contributed by atoms with van der Waals surface area (Å²) >= 11 is 5.73. The number of aliphatic hydroxyl groups excluding tert-OH is 2. The summed E-state index contributed by atoms with van der Waals surface area (Å²) in [5.41, 5.74) is 0.559. The minimum Gasteiger partial charge on any atom is -0.394 e. The molecule has 88 valence electrons. The Bertz CT molecular complexity index is 360. The summed E-state index contributed by atoms with van der Waals surface area (Å²) in [6, 6.07) is 6.23. The van der Waals surface area contributed by atoms with E-state index in [0.29, 0.717) is 10.7 Å². The molecular formula is C10H13ClN2O3. The van der Waals surface area contributed by atoms with Crippen LogP contribution in [0.15, 0.2) is 24.3 Å². The fraction of sp³-hybridized carbons (Fsp3) is 0.300. The van der Waals surface area contributed by atoms with Crippen molar-refractivity contribution >= 4 is 23.3 Å². The number of hydrogen-bond donors (Lipinski definition) is 4. The minimum absolute atomic E-state index is 0.0110. The van der Waals surface area contributed by atoms with E-state index >= 15 is 0 Å². The maximum Gasteiger partial charge on any atom is 0.319 e. The third kappa shape index (κ3) is 4.48. The van der Waals surface area contributed by atoms with Crippen LogP contribution in [0.3, 0.4) is 0 Å². The van der Waals surface area contributed by atoms with Gasteiger partial charge in [-0.2, -0.15) is 0 Å². The van der Waals surface area contributed by atoms with Crippen molar-refractivity contribution in [3.8, 4) is 0 Å². The smallest absolute Gasteiger partial charge is 0.319 e. The zero-order valence-corrected chi connectivity index (χ0v) is 9.24. The highest BCUT2D eigenvalue weighted by Gasteiger charge is 2.05. The Balaban J connectivity index is 2.40. The number of benzene rings is 1. The van der Waals surface area contributed by atoms with Crippen molar-refractivity contribution in [2.75, 3.05) is 18.5 Å². The molecule has 2 amide bonds. The van der Waals surface area contributed by atoms with E-state index < -0.39 is 18.7 Å². The van der Waals surface area contributed by atoms with Crippen molar-refractivity contribution < 1.29 is 15.0 Å². The molecule has 5 nitrogen and oxygen atoms in total. The number of halogens is 1. The average Bonchev–Trinajstić information content (AvgIpc) is 2.26. The Hall–Kier alpha value is -1.30. The Kier molecular flexibility index (Phi) is 5.04. The third-order valence-electron chi connectivity index (χ3n) is 1.79. The standard InChI is InChI=1S/C10H13ClN2O3/c11-7-2-1-3-8(4-7)13-10(16)12-5-9(15)6-14/h1-4,9,14-15H,5-6H2,(H2,12,13,16)/t9-/m0/s1. The molecule has 0 aliphatic heterocycles. The topological polar surface area (TPSA) is 81.6 Å². The van der Waals surface area contributed by atoms with Crippen LogP contribution in [0.4, 0.5) is 10.5 Å². The maximum atomic E-state index is 11.3. The molecule has 0 aliphatic carbocycles. The van der Waals surface area contributed by atoms with E-state index in [9.17, 15) is 4.79 Å². The molecular weight excluding hydrogens is 232 g/mol. The third-order valence-corrected chi connectivity index (χ3v) is 2.03. The summed E-state index contributed by atoms with van der Waals surface area (Å²) in [4.78, 5) is 11.3. The fourth-order valence-corrected chi connectivity index (χ4v) is 1.21. The van der Waals surface area contributed by atoms with Gasteiger partial charge >= 0.3 is 6.03 Å². The second-order valence-corrected chi connectivity index (χ2v) is 3.62. The van der Waals surface area contributed by atoms with Gasteiger partial charge in [-0.15, -0.1) is 0 Å². The van der Waals surface area contributed by atoms with Crippen LogP contribution < -0.4 is 10.6 Å². The highest BCUT2D eigenvalue weighted by molar-refractivity contribution is 6.30. The van der Waals surface area contributed by atoms with E-state index in [1.165, 1.54) is 0 Å². The lowest BCUT2D eigenvalue weighted by Crippen LogP contribution is -2.36. The predicted molar refractivity (Wildman–Crippen MR) is 61.6 cm³/mol. The molecule has 0 heterocycles. The molecule has 1 aromatic rings. The number of aliphatic hydroxyl groups is 2. The van der Waals surface area contributed by atoms with Crippen LogP contribution in [-0.4, -0.2) is 35.5 Å². The van der Waals surface area contributed by atoms with Gasteiger partial charge in [0, 0.05) is 17.3 Å².